The summed E-state index contributed by atoms with van der Waals surface area (Å²) < 4.78 is 0. The summed E-state index contributed by atoms with van der Waals surface area (Å²) in [6, 6.07) is 18.9. The highest BCUT2D eigenvalue weighted by atomic mass is 16.2. The summed E-state index contributed by atoms with van der Waals surface area (Å²) in [5, 5.41) is 3.22. The first-order valence-corrected chi connectivity index (χ1v) is 12.3. The average Bonchev–Trinajstić information content (AvgIpc) is 3.34. The van der Waals surface area contributed by atoms with Crippen molar-refractivity contribution in [3.63, 3.8) is 0 Å². The number of rotatable bonds is 9. The molecule has 5 heteroatoms. The topological polar surface area (TPSA) is 38.8 Å². The summed E-state index contributed by atoms with van der Waals surface area (Å²) >= 11 is 0. The number of nitrogens with one attached hydrogen (secondary N) is 1. The van der Waals surface area contributed by atoms with E-state index in [9.17, 15) is 4.79 Å². The van der Waals surface area contributed by atoms with Crippen LogP contribution in [0.2, 0.25) is 0 Å². The molecule has 0 saturated carbocycles. The van der Waals surface area contributed by atoms with Gasteiger partial charge in [-0.25, -0.2) is 0 Å². The fraction of sp³-hybridized carbons (Fsp3) is 0.519. The number of nitrogens with zero attached hydrogens (tertiary/aromatic N) is 3. The van der Waals surface area contributed by atoms with Crippen molar-refractivity contribution >= 4 is 11.6 Å². The lowest BCUT2D eigenvalue weighted by Gasteiger charge is -2.36. The fourth-order valence-corrected chi connectivity index (χ4v) is 4.99. The van der Waals surface area contributed by atoms with E-state index >= 15 is 0 Å². The number of likely N-dealkylation sites (tertiary alicyclic amines) is 1. The first-order chi connectivity index (χ1) is 15.7. The zero-order valence-electron chi connectivity index (χ0n) is 19.5. The highest BCUT2D eigenvalue weighted by Gasteiger charge is 2.29. The van der Waals surface area contributed by atoms with Crippen LogP contribution in [0.25, 0.3) is 0 Å². The van der Waals surface area contributed by atoms with Crippen molar-refractivity contribution in [3.05, 3.63) is 65.7 Å². The zero-order valence-corrected chi connectivity index (χ0v) is 19.5. The van der Waals surface area contributed by atoms with Crippen LogP contribution >= 0.6 is 0 Å². The summed E-state index contributed by atoms with van der Waals surface area (Å²) in [6.07, 6.45) is 4.54. The molecule has 0 radical (unpaired) electrons. The molecular weight excluding hydrogens is 396 g/mol. The van der Waals surface area contributed by atoms with Crippen molar-refractivity contribution in [1.29, 1.82) is 0 Å². The van der Waals surface area contributed by atoms with E-state index in [0.717, 1.165) is 70.8 Å². The van der Waals surface area contributed by atoms with E-state index in [2.05, 4.69) is 63.3 Å². The summed E-state index contributed by atoms with van der Waals surface area (Å²) in [6.45, 7) is 10.5. The van der Waals surface area contributed by atoms with Crippen LogP contribution in [0.5, 0.6) is 0 Å². The van der Waals surface area contributed by atoms with Gasteiger partial charge in [-0.3, -0.25) is 14.6 Å². The third-order valence-corrected chi connectivity index (χ3v) is 6.81. The van der Waals surface area contributed by atoms with Crippen LogP contribution in [0.4, 0.5) is 5.69 Å². The largest absolute Gasteiger partial charge is 0.369 e. The molecule has 32 heavy (non-hydrogen) atoms. The standard InChI is InChI=1S/C27H38N4O/c1-23-10-9-13-25(22-23)30-20-18-29(19-21-30)15-6-5-14-28-27(32)26(31-16-7-8-17-31)24-11-3-2-4-12-24/h2-4,9-13,22,26H,5-8,14-21H2,1H3,(H,28,32)/t26-/m0/s1. The summed E-state index contributed by atoms with van der Waals surface area (Å²) in [7, 11) is 0. The van der Waals surface area contributed by atoms with Crippen molar-refractivity contribution < 1.29 is 4.79 Å². The van der Waals surface area contributed by atoms with Gasteiger partial charge in [0.05, 0.1) is 0 Å². The first kappa shape index (κ1) is 22.8. The second kappa shape index (κ2) is 11.5. The molecule has 0 unspecified atom stereocenters. The lowest BCUT2D eigenvalue weighted by atomic mass is 10.0. The predicted molar refractivity (Wildman–Crippen MR) is 132 cm³/mol. The molecule has 5 nitrogen and oxygen atoms in total. The summed E-state index contributed by atoms with van der Waals surface area (Å²) in [5.41, 5.74) is 3.78. The number of aryl methyl sites for hydroxylation is 1. The molecule has 2 aromatic carbocycles. The van der Waals surface area contributed by atoms with Gasteiger partial charge in [0.25, 0.3) is 0 Å². The maximum atomic E-state index is 13.0. The fourth-order valence-electron chi connectivity index (χ4n) is 4.99. The molecule has 2 fully saturated rings. The van der Waals surface area contributed by atoms with Gasteiger partial charge in [0.1, 0.15) is 6.04 Å². The van der Waals surface area contributed by atoms with Gasteiger partial charge < -0.3 is 10.2 Å². The number of hydrogen-bond donors (Lipinski definition) is 1. The molecule has 2 aromatic rings. The Hall–Kier alpha value is -2.37. The van der Waals surface area contributed by atoms with Crippen molar-refractivity contribution in [2.75, 3.05) is 57.3 Å². The molecule has 0 bridgehead atoms. The Kier molecular flexibility index (Phi) is 8.18. The van der Waals surface area contributed by atoms with Gasteiger partial charge in [-0.05, 0) is 75.5 Å². The van der Waals surface area contributed by atoms with E-state index in [1.54, 1.807) is 0 Å². The van der Waals surface area contributed by atoms with Gasteiger partial charge in [0, 0.05) is 38.4 Å². The van der Waals surface area contributed by atoms with Crippen molar-refractivity contribution in [1.82, 2.24) is 15.1 Å². The zero-order chi connectivity index (χ0) is 22.2. The third kappa shape index (κ3) is 6.11. The predicted octanol–water partition coefficient (Wildman–Crippen LogP) is 3.85. The SMILES string of the molecule is Cc1cccc(N2CCN(CCCCNC(=O)[C@H](c3ccccc3)N3CCCC3)CC2)c1. The van der Waals surface area contributed by atoms with E-state index in [-0.39, 0.29) is 11.9 Å². The molecule has 172 valence electrons. The van der Waals surface area contributed by atoms with Crippen LogP contribution in [0.1, 0.15) is 42.9 Å². The van der Waals surface area contributed by atoms with Crippen molar-refractivity contribution in [2.45, 2.75) is 38.6 Å². The summed E-state index contributed by atoms with van der Waals surface area (Å²) in [5.74, 6) is 0.157. The maximum absolute atomic E-state index is 13.0. The number of amides is 1. The van der Waals surface area contributed by atoms with Gasteiger partial charge in [-0.1, -0.05) is 42.5 Å². The molecule has 1 amide bonds. The maximum Gasteiger partial charge on any atom is 0.241 e. The smallest absolute Gasteiger partial charge is 0.241 e. The number of benzene rings is 2. The molecule has 4 rings (SSSR count). The molecular formula is C27H38N4O. The van der Waals surface area contributed by atoms with Crippen LogP contribution < -0.4 is 10.2 Å². The molecule has 0 spiro atoms. The number of piperazine rings is 1. The number of anilines is 1. The van der Waals surface area contributed by atoms with E-state index in [4.69, 9.17) is 0 Å². The second-order valence-corrected chi connectivity index (χ2v) is 9.22. The van der Waals surface area contributed by atoms with Crippen LogP contribution in [-0.4, -0.2) is 68.1 Å². The molecule has 2 aliphatic rings. The minimum absolute atomic E-state index is 0.145. The average molecular weight is 435 g/mol. The van der Waals surface area contributed by atoms with E-state index in [1.807, 2.05) is 18.2 Å². The van der Waals surface area contributed by atoms with Gasteiger partial charge in [-0.15, -0.1) is 0 Å². The minimum atomic E-state index is -0.145. The third-order valence-electron chi connectivity index (χ3n) is 6.81. The second-order valence-electron chi connectivity index (χ2n) is 9.22. The molecule has 2 saturated heterocycles. The quantitative estimate of drug-likeness (QED) is 0.609. The number of carbonyl (C=O) groups is 1. The first-order valence-electron chi connectivity index (χ1n) is 12.3. The number of carbonyl (C=O) groups excluding carboxylic acids is 1. The van der Waals surface area contributed by atoms with Gasteiger partial charge in [0.15, 0.2) is 0 Å². The lowest BCUT2D eigenvalue weighted by Crippen LogP contribution is -2.46. The molecule has 2 heterocycles. The molecule has 0 aromatic heterocycles. The monoisotopic (exact) mass is 434 g/mol. The highest BCUT2D eigenvalue weighted by Crippen LogP contribution is 2.25. The number of hydrogen-bond acceptors (Lipinski definition) is 4. The van der Waals surface area contributed by atoms with Crippen molar-refractivity contribution in [2.24, 2.45) is 0 Å². The Labute approximate surface area is 193 Å². The molecule has 0 aliphatic carbocycles. The molecule has 1 N–H and O–H groups in total. The van der Waals surface area contributed by atoms with Crippen LogP contribution in [0.15, 0.2) is 54.6 Å². The molecule has 2 aliphatic heterocycles. The van der Waals surface area contributed by atoms with Gasteiger partial charge >= 0.3 is 0 Å². The normalized spacial score (nSPS) is 18.6. The van der Waals surface area contributed by atoms with Crippen LogP contribution in [0, 0.1) is 6.92 Å². The minimum Gasteiger partial charge on any atom is -0.369 e. The van der Waals surface area contributed by atoms with Gasteiger partial charge in [-0.2, -0.15) is 0 Å². The van der Waals surface area contributed by atoms with Crippen molar-refractivity contribution in [3.8, 4) is 0 Å². The summed E-state index contributed by atoms with van der Waals surface area (Å²) in [4.78, 5) is 20.4. The van der Waals surface area contributed by atoms with Crippen LogP contribution in [0.3, 0.4) is 0 Å². The Morgan fingerprint density at radius 1 is 0.906 bits per heavy atom. The molecule has 1 atom stereocenters. The van der Waals surface area contributed by atoms with Crippen LogP contribution in [-0.2, 0) is 4.79 Å². The van der Waals surface area contributed by atoms with E-state index < -0.39 is 0 Å². The number of unbranched alkanes of at least 4 members (excludes halogenated alkanes) is 1. The van der Waals surface area contributed by atoms with E-state index in [1.165, 1.54) is 24.1 Å². The Bertz CT molecular complexity index is 842. The Balaban J connectivity index is 1.16. The van der Waals surface area contributed by atoms with Gasteiger partial charge in [0.2, 0.25) is 5.91 Å². The Morgan fingerprint density at radius 3 is 2.38 bits per heavy atom. The van der Waals surface area contributed by atoms with E-state index in [0.29, 0.717) is 0 Å². The lowest BCUT2D eigenvalue weighted by molar-refractivity contribution is -0.126. The Morgan fingerprint density at radius 2 is 1.66 bits per heavy atom. The highest BCUT2D eigenvalue weighted by molar-refractivity contribution is 5.83.